The van der Waals surface area contributed by atoms with Gasteiger partial charge in [-0.15, -0.1) is 0 Å². The maximum Gasteiger partial charge on any atom is 0.227 e. The molecular formula is C21H23N3O3S. The normalized spacial score (nSPS) is 14.4. The highest BCUT2D eigenvalue weighted by molar-refractivity contribution is 7.22. The lowest BCUT2D eigenvalue weighted by molar-refractivity contribution is -0.130. The maximum atomic E-state index is 12.6. The number of anilines is 1. The van der Waals surface area contributed by atoms with E-state index in [0.29, 0.717) is 19.5 Å². The zero-order chi connectivity index (χ0) is 19.5. The fourth-order valence-corrected chi connectivity index (χ4v) is 4.38. The van der Waals surface area contributed by atoms with Crippen molar-refractivity contribution in [3.05, 3.63) is 48.0 Å². The van der Waals surface area contributed by atoms with Gasteiger partial charge >= 0.3 is 0 Å². The van der Waals surface area contributed by atoms with Crippen LogP contribution in [0.4, 0.5) is 5.13 Å². The number of thiazole rings is 1. The Labute approximate surface area is 168 Å². The summed E-state index contributed by atoms with van der Waals surface area (Å²) in [6.45, 7) is 3.03. The lowest BCUT2D eigenvalue weighted by Gasteiger charge is -2.34. The molecule has 0 atom stereocenters. The smallest absolute Gasteiger partial charge is 0.227 e. The number of nitrogens with zero attached hydrogens (tertiary/aromatic N) is 3. The van der Waals surface area contributed by atoms with Gasteiger partial charge < -0.3 is 19.3 Å². The quantitative estimate of drug-likeness (QED) is 0.662. The van der Waals surface area contributed by atoms with Crippen molar-refractivity contribution in [1.29, 1.82) is 0 Å². The molecule has 1 aliphatic heterocycles. The Balaban J connectivity index is 1.36. The first-order chi connectivity index (χ1) is 13.7. The van der Waals surface area contributed by atoms with E-state index in [2.05, 4.69) is 4.90 Å². The highest BCUT2D eigenvalue weighted by Gasteiger charge is 2.23. The molecule has 2 heterocycles. The first kappa shape index (κ1) is 18.6. The van der Waals surface area contributed by atoms with Crippen molar-refractivity contribution in [2.24, 2.45) is 0 Å². The number of amides is 1. The zero-order valence-corrected chi connectivity index (χ0v) is 16.9. The number of benzene rings is 2. The lowest BCUT2D eigenvalue weighted by atomic mass is 10.1. The number of aromatic nitrogens is 1. The van der Waals surface area contributed by atoms with Gasteiger partial charge in [-0.1, -0.05) is 23.5 Å². The topological polar surface area (TPSA) is 54.9 Å². The van der Waals surface area contributed by atoms with E-state index in [4.69, 9.17) is 14.5 Å². The third kappa shape index (κ3) is 3.89. The van der Waals surface area contributed by atoms with E-state index in [1.165, 1.54) is 0 Å². The van der Waals surface area contributed by atoms with Gasteiger partial charge in [-0.2, -0.15) is 0 Å². The van der Waals surface area contributed by atoms with Crippen LogP contribution in [0.1, 0.15) is 5.56 Å². The second-order valence-corrected chi connectivity index (χ2v) is 7.73. The van der Waals surface area contributed by atoms with Crippen LogP contribution >= 0.6 is 11.3 Å². The van der Waals surface area contributed by atoms with Gasteiger partial charge in [0.15, 0.2) is 5.13 Å². The molecule has 0 N–H and O–H groups in total. The molecule has 0 unspecified atom stereocenters. The van der Waals surface area contributed by atoms with Gasteiger partial charge in [-0.3, -0.25) is 4.79 Å². The average Bonchev–Trinajstić information content (AvgIpc) is 3.17. The Bertz CT molecular complexity index is 963. The molecule has 1 saturated heterocycles. The van der Waals surface area contributed by atoms with Gasteiger partial charge in [0.2, 0.25) is 5.91 Å². The van der Waals surface area contributed by atoms with Crippen LogP contribution in [-0.2, 0) is 11.2 Å². The number of methoxy groups -OCH3 is 2. The molecule has 0 radical (unpaired) electrons. The Morgan fingerprint density at radius 3 is 2.36 bits per heavy atom. The number of fused-ring (bicyclic) bond motifs is 1. The second kappa shape index (κ2) is 8.06. The van der Waals surface area contributed by atoms with Crippen molar-refractivity contribution in [3.63, 3.8) is 0 Å². The molecule has 6 nitrogen and oxygen atoms in total. The van der Waals surface area contributed by atoms with Crippen molar-refractivity contribution in [1.82, 2.24) is 9.88 Å². The van der Waals surface area contributed by atoms with E-state index in [-0.39, 0.29) is 5.91 Å². The Kier molecular flexibility index (Phi) is 5.34. The third-order valence-corrected chi connectivity index (χ3v) is 6.08. The summed E-state index contributed by atoms with van der Waals surface area (Å²) in [5.74, 6) is 1.81. The van der Waals surface area contributed by atoms with Crippen molar-refractivity contribution in [2.75, 3.05) is 45.3 Å². The van der Waals surface area contributed by atoms with Crippen LogP contribution in [0, 0.1) is 0 Å². The average molecular weight is 398 g/mol. The predicted octanol–water partition coefficient (Wildman–Crippen LogP) is 3.20. The molecule has 1 fully saturated rings. The highest BCUT2D eigenvalue weighted by atomic mass is 32.1. The molecule has 146 valence electrons. The van der Waals surface area contributed by atoms with Crippen LogP contribution in [0.15, 0.2) is 42.5 Å². The van der Waals surface area contributed by atoms with Crippen LogP contribution in [-0.4, -0.2) is 56.2 Å². The van der Waals surface area contributed by atoms with Gasteiger partial charge in [0.05, 0.1) is 30.9 Å². The minimum atomic E-state index is 0.166. The second-order valence-electron chi connectivity index (χ2n) is 6.72. The first-order valence-corrected chi connectivity index (χ1v) is 10.1. The summed E-state index contributed by atoms with van der Waals surface area (Å²) in [4.78, 5) is 21.6. The molecule has 28 heavy (non-hydrogen) atoms. The Hall–Kier alpha value is -2.80. The summed E-state index contributed by atoms with van der Waals surface area (Å²) >= 11 is 1.67. The summed E-state index contributed by atoms with van der Waals surface area (Å²) in [6, 6.07) is 13.6. The van der Waals surface area contributed by atoms with Gasteiger partial charge in [-0.05, 0) is 35.9 Å². The molecule has 1 amide bonds. The van der Waals surface area contributed by atoms with Crippen LogP contribution < -0.4 is 14.4 Å². The van der Waals surface area contributed by atoms with Crippen LogP contribution in [0.3, 0.4) is 0 Å². The van der Waals surface area contributed by atoms with Crippen LogP contribution in [0.2, 0.25) is 0 Å². The summed E-state index contributed by atoms with van der Waals surface area (Å²) in [5, 5.41) is 1.01. The fraction of sp³-hybridized carbons (Fsp3) is 0.333. The van der Waals surface area contributed by atoms with E-state index in [1.54, 1.807) is 25.6 Å². The molecule has 1 aromatic heterocycles. The van der Waals surface area contributed by atoms with Crippen molar-refractivity contribution < 1.29 is 14.3 Å². The number of piperazine rings is 1. The molecule has 4 rings (SSSR count). The number of carbonyl (C=O) groups is 1. The molecular weight excluding hydrogens is 374 g/mol. The van der Waals surface area contributed by atoms with Gasteiger partial charge in [0.1, 0.15) is 11.5 Å². The minimum absolute atomic E-state index is 0.166. The van der Waals surface area contributed by atoms with Gasteiger partial charge in [-0.25, -0.2) is 4.98 Å². The maximum absolute atomic E-state index is 12.6. The molecule has 2 aromatic carbocycles. The van der Waals surface area contributed by atoms with Crippen LogP contribution in [0.5, 0.6) is 11.5 Å². The number of carbonyl (C=O) groups excluding carboxylic acids is 1. The number of hydrogen-bond donors (Lipinski definition) is 0. The van der Waals surface area contributed by atoms with E-state index in [0.717, 1.165) is 45.5 Å². The predicted molar refractivity (Wildman–Crippen MR) is 112 cm³/mol. The van der Waals surface area contributed by atoms with Crippen molar-refractivity contribution in [3.8, 4) is 11.5 Å². The summed E-state index contributed by atoms with van der Waals surface area (Å²) in [7, 11) is 3.31. The first-order valence-electron chi connectivity index (χ1n) is 9.26. The monoisotopic (exact) mass is 397 g/mol. The highest BCUT2D eigenvalue weighted by Crippen LogP contribution is 2.31. The molecule has 1 aliphatic rings. The standard InChI is InChI=1S/C21H23N3O3S/c1-26-16-5-3-15(4-6-16)13-20(25)23-9-11-24(12-10-23)21-22-18-8-7-17(27-2)14-19(18)28-21/h3-8,14H,9-13H2,1-2H3. The minimum Gasteiger partial charge on any atom is -0.497 e. The van der Waals surface area contributed by atoms with Crippen LogP contribution in [0.25, 0.3) is 10.2 Å². The lowest BCUT2D eigenvalue weighted by Crippen LogP contribution is -2.49. The molecule has 0 spiro atoms. The fourth-order valence-electron chi connectivity index (χ4n) is 3.33. The molecule has 0 saturated carbocycles. The molecule has 7 heteroatoms. The largest absolute Gasteiger partial charge is 0.497 e. The Morgan fingerprint density at radius 2 is 1.68 bits per heavy atom. The SMILES string of the molecule is COc1ccc(CC(=O)N2CCN(c3nc4ccc(OC)cc4s3)CC2)cc1. The summed E-state index contributed by atoms with van der Waals surface area (Å²) < 4.78 is 11.6. The number of ether oxygens (including phenoxy) is 2. The summed E-state index contributed by atoms with van der Waals surface area (Å²) in [5.41, 5.74) is 1.99. The number of hydrogen-bond acceptors (Lipinski definition) is 6. The zero-order valence-electron chi connectivity index (χ0n) is 16.1. The van der Waals surface area contributed by atoms with Gasteiger partial charge in [0, 0.05) is 26.2 Å². The van der Waals surface area contributed by atoms with Gasteiger partial charge in [0.25, 0.3) is 0 Å². The third-order valence-electron chi connectivity index (χ3n) is 5.00. The van der Waals surface area contributed by atoms with E-state index in [9.17, 15) is 4.79 Å². The summed E-state index contributed by atoms with van der Waals surface area (Å²) in [6.07, 6.45) is 0.422. The van der Waals surface area contributed by atoms with Crippen molar-refractivity contribution in [2.45, 2.75) is 6.42 Å². The van der Waals surface area contributed by atoms with E-state index >= 15 is 0 Å². The van der Waals surface area contributed by atoms with Crippen molar-refractivity contribution >= 4 is 32.6 Å². The number of rotatable bonds is 5. The molecule has 0 aliphatic carbocycles. The Morgan fingerprint density at radius 1 is 1.00 bits per heavy atom. The molecule has 0 bridgehead atoms. The van der Waals surface area contributed by atoms with E-state index in [1.807, 2.05) is 47.4 Å². The van der Waals surface area contributed by atoms with E-state index < -0.39 is 0 Å². The molecule has 3 aromatic rings.